The first-order valence-corrected chi connectivity index (χ1v) is 9.92. The first kappa shape index (κ1) is 23.7. The summed E-state index contributed by atoms with van der Waals surface area (Å²) in [5.74, 6) is 0.630. The van der Waals surface area contributed by atoms with Crippen LogP contribution < -0.4 is 10.6 Å². The zero-order valence-corrected chi connectivity index (χ0v) is 20.0. The van der Waals surface area contributed by atoms with Gasteiger partial charge in [-0.15, -0.1) is 24.0 Å². The molecule has 2 N–H and O–H groups in total. The number of rotatable bonds is 4. The van der Waals surface area contributed by atoms with Crippen LogP contribution in [-0.2, 0) is 10.2 Å². The molecule has 29 heavy (non-hydrogen) atoms. The van der Waals surface area contributed by atoms with Crippen LogP contribution in [-0.4, -0.2) is 55.3 Å². The number of hydrogen-bond donors (Lipinski definition) is 2. The van der Waals surface area contributed by atoms with Crippen molar-refractivity contribution in [3.05, 3.63) is 35.6 Å². The van der Waals surface area contributed by atoms with Crippen LogP contribution in [0, 0.1) is 5.82 Å². The molecule has 1 amide bonds. The lowest BCUT2D eigenvalue weighted by Gasteiger charge is -2.25. The first-order chi connectivity index (χ1) is 13.2. The van der Waals surface area contributed by atoms with E-state index >= 15 is 0 Å². The van der Waals surface area contributed by atoms with Gasteiger partial charge in [0, 0.05) is 32.1 Å². The predicted octanol–water partition coefficient (Wildman–Crippen LogP) is 3.65. The van der Waals surface area contributed by atoms with Crippen molar-refractivity contribution < 1.29 is 13.9 Å². The van der Waals surface area contributed by atoms with Gasteiger partial charge in [-0.25, -0.2) is 9.18 Å². The number of aliphatic imine (C=N–C) groups is 1. The molecule has 0 radical (unpaired) electrons. The fourth-order valence-electron chi connectivity index (χ4n) is 3.65. The number of guanidine groups is 1. The smallest absolute Gasteiger partial charge is 0.407 e. The van der Waals surface area contributed by atoms with Gasteiger partial charge in [-0.3, -0.25) is 4.99 Å². The van der Waals surface area contributed by atoms with E-state index in [0.717, 1.165) is 38.3 Å². The normalized spacial score (nSPS) is 20.7. The summed E-state index contributed by atoms with van der Waals surface area (Å²) in [5, 5.41) is 6.42. The molecule has 0 bridgehead atoms. The monoisotopic (exact) mass is 518 g/mol. The topological polar surface area (TPSA) is 66.0 Å². The summed E-state index contributed by atoms with van der Waals surface area (Å²) in [6.07, 6.45) is 2.65. The number of carbonyl (C=O) groups is 1. The van der Waals surface area contributed by atoms with Gasteiger partial charge >= 0.3 is 6.09 Å². The molecule has 1 aromatic carbocycles. The van der Waals surface area contributed by atoms with Crippen molar-refractivity contribution in [2.45, 2.75) is 57.1 Å². The van der Waals surface area contributed by atoms with Crippen LogP contribution in [0.1, 0.15) is 45.6 Å². The summed E-state index contributed by atoms with van der Waals surface area (Å²) >= 11 is 0. The molecule has 1 saturated carbocycles. The highest BCUT2D eigenvalue weighted by Crippen LogP contribution is 2.47. The van der Waals surface area contributed by atoms with Gasteiger partial charge in [-0.05, 0) is 57.7 Å². The van der Waals surface area contributed by atoms with Crippen LogP contribution in [0.25, 0.3) is 0 Å². The van der Waals surface area contributed by atoms with Crippen molar-refractivity contribution in [3.63, 3.8) is 0 Å². The summed E-state index contributed by atoms with van der Waals surface area (Å²) in [6, 6.07) is 6.85. The second-order valence-electron chi connectivity index (χ2n) is 8.77. The lowest BCUT2D eigenvalue weighted by molar-refractivity contribution is 0.0507. The average molecular weight is 518 g/mol. The maximum Gasteiger partial charge on any atom is 0.407 e. The maximum absolute atomic E-state index is 13.2. The van der Waals surface area contributed by atoms with E-state index in [1.54, 1.807) is 7.05 Å². The third kappa shape index (κ3) is 6.45. The van der Waals surface area contributed by atoms with E-state index in [-0.39, 0.29) is 47.3 Å². The van der Waals surface area contributed by atoms with E-state index in [9.17, 15) is 9.18 Å². The van der Waals surface area contributed by atoms with E-state index in [2.05, 4.69) is 20.5 Å². The summed E-state index contributed by atoms with van der Waals surface area (Å²) in [5.41, 5.74) is 0.735. The highest BCUT2D eigenvalue weighted by atomic mass is 127. The molecule has 1 heterocycles. The van der Waals surface area contributed by atoms with E-state index in [0.29, 0.717) is 6.54 Å². The molecule has 1 unspecified atom stereocenters. The van der Waals surface area contributed by atoms with Crippen LogP contribution in [0.2, 0.25) is 0 Å². The molecular weight excluding hydrogens is 486 g/mol. The zero-order valence-electron chi connectivity index (χ0n) is 17.6. The SMILES string of the molecule is CN=C(NCC1(c2ccc(F)cc2)CC1)N1CCC(NC(=O)OC(C)(C)C)C1.I. The molecule has 2 aliphatic rings. The van der Waals surface area contributed by atoms with Crippen molar-refractivity contribution in [1.82, 2.24) is 15.5 Å². The molecule has 162 valence electrons. The van der Waals surface area contributed by atoms with Gasteiger partial charge in [-0.1, -0.05) is 12.1 Å². The Bertz CT molecular complexity index is 729. The second-order valence-corrected chi connectivity index (χ2v) is 8.77. The van der Waals surface area contributed by atoms with E-state index in [4.69, 9.17) is 4.74 Å². The average Bonchev–Trinajstić information content (AvgIpc) is 3.26. The number of amides is 1. The Balaban J connectivity index is 0.00000300. The van der Waals surface area contributed by atoms with Gasteiger partial charge in [0.2, 0.25) is 0 Å². The van der Waals surface area contributed by atoms with Crippen molar-refractivity contribution >= 4 is 36.0 Å². The molecular formula is C21H32FIN4O2. The lowest BCUT2D eigenvalue weighted by Crippen LogP contribution is -2.45. The van der Waals surface area contributed by atoms with E-state index in [1.165, 1.54) is 17.7 Å². The minimum absolute atomic E-state index is 0. The van der Waals surface area contributed by atoms with Crippen molar-refractivity contribution in [2.75, 3.05) is 26.7 Å². The quantitative estimate of drug-likeness (QED) is 0.363. The van der Waals surface area contributed by atoms with Gasteiger partial charge < -0.3 is 20.3 Å². The second kappa shape index (κ2) is 9.49. The molecule has 1 atom stereocenters. The highest BCUT2D eigenvalue weighted by molar-refractivity contribution is 14.0. The number of alkyl carbamates (subject to hydrolysis) is 1. The summed E-state index contributed by atoms with van der Waals surface area (Å²) in [6.45, 7) is 7.86. The molecule has 3 rings (SSSR count). The predicted molar refractivity (Wildman–Crippen MR) is 123 cm³/mol. The van der Waals surface area contributed by atoms with E-state index < -0.39 is 5.60 Å². The van der Waals surface area contributed by atoms with Gasteiger partial charge in [0.15, 0.2) is 5.96 Å². The number of nitrogens with one attached hydrogen (secondary N) is 2. The lowest BCUT2D eigenvalue weighted by atomic mass is 9.96. The number of hydrogen-bond acceptors (Lipinski definition) is 3. The third-order valence-corrected chi connectivity index (χ3v) is 5.32. The van der Waals surface area contributed by atoms with Gasteiger partial charge in [0.1, 0.15) is 11.4 Å². The number of benzene rings is 1. The minimum Gasteiger partial charge on any atom is -0.444 e. The molecule has 1 saturated heterocycles. The molecule has 8 heteroatoms. The summed E-state index contributed by atoms with van der Waals surface area (Å²) in [7, 11) is 1.77. The minimum atomic E-state index is -0.501. The summed E-state index contributed by atoms with van der Waals surface area (Å²) in [4.78, 5) is 18.5. The fraction of sp³-hybridized carbons (Fsp3) is 0.619. The van der Waals surface area contributed by atoms with E-state index in [1.807, 2.05) is 32.9 Å². The number of likely N-dealkylation sites (tertiary alicyclic amines) is 1. The molecule has 1 aliphatic carbocycles. The van der Waals surface area contributed by atoms with Gasteiger partial charge in [0.25, 0.3) is 0 Å². The van der Waals surface area contributed by atoms with Crippen molar-refractivity contribution in [2.24, 2.45) is 4.99 Å². The Kier molecular flexibility index (Phi) is 7.75. The highest BCUT2D eigenvalue weighted by Gasteiger charge is 2.44. The molecule has 0 spiro atoms. The first-order valence-electron chi connectivity index (χ1n) is 9.92. The Morgan fingerprint density at radius 3 is 2.52 bits per heavy atom. The number of carbonyl (C=O) groups excluding carboxylic acids is 1. The van der Waals surface area contributed by atoms with Crippen LogP contribution in [0.4, 0.5) is 9.18 Å². The molecule has 1 aromatic rings. The molecule has 0 aromatic heterocycles. The van der Waals surface area contributed by atoms with Crippen LogP contribution in [0.3, 0.4) is 0 Å². The maximum atomic E-state index is 13.2. The Hall–Kier alpha value is -1.58. The van der Waals surface area contributed by atoms with Gasteiger partial charge in [-0.2, -0.15) is 0 Å². The number of nitrogens with zero attached hydrogens (tertiary/aromatic N) is 2. The number of ether oxygens (including phenoxy) is 1. The standard InChI is InChI=1S/C21H31FN4O2.HI/c1-20(2,3)28-19(27)25-17-9-12-26(13-17)18(23-4)24-14-21(10-11-21)15-5-7-16(22)8-6-15;/h5-8,17H,9-14H2,1-4H3,(H,23,24)(H,25,27);1H. The Morgan fingerprint density at radius 1 is 1.31 bits per heavy atom. The molecule has 2 fully saturated rings. The van der Waals surface area contributed by atoms with Crippen LogP contribution >= 0.6 is 24.0 Å². The zero-order chi connectivity index (χ0) is 20.4. The van der Waals surface area contributed by atoms with Crippen LogP contribution in [0.15, 0.2) is 29.3 Å². The van der Waals surface area contributed by atoms with Crippen molar-refractivity contribution in [1.29, 1.82) is 0 Å². The van der Waals surface area contributed by atoms with Crippen molar-refractivity contribution in [3.8, 4) is 0 Å². The largest absolute Gasteiger partial charge is 0.444 e. The number of halogens is 2. The molecule has 6 nitrogen and oxygen atoms in total. The molecule has 1 aliphatic heterocycles. The fourth-order valence-corrected chi connectivity index (χ4v) is 3.65. The van der Waals surface area contributed by atoms with Gasteiger partial charge in [0.05, 0.1) is 6.04 Å². The third-order valence-electron chi connectivity index (χ3n) is 5.32. The Morgan fingerprint density at radius 2 is 1.97 bits per heavy atom. The van der Waals surface area contributed by atoms with Crippen LogP contribution in [0.5, 0.6) is 0 Å². The summed E-state index contributed by atoms with van der Waals surface area (Å²) < 4.78 is 18.5. The Labute approximate surface area is 189 Å².